The van der Waals surface area contributed by atoms with E-state index in [-0.39, 0.29) is 11.0 Å². The molecule has 1 aromatic carbocycles. The molecule has 0 fully saturated rings. The van der Waals surface area contributed by atoms with Gasteiger partial charge in [-0.1, -0.05) is 26.0 Å². The van der Waals surface area contributed by atoms with Crippen molar-refractivity contribution in [3.05, 3.63) is 58.8 Å². The Morgan fingerprint density at radius 2 is 2.13 bits per heavy atom. The highest BCUT2D eigenvalue weighted by Crippen LogP contribution is 2.33. The lowest BCUT2D eigenvalue weighted by Crippen LogP contribution is -2.23. The molecule has 23 heavy (non-hydrogen) atoms. The van der Waals surface area contributed by atoms with Crippen LogP contribution in [0.4, 0.5) is 0 Å². The number of rotatable bonds is 2. The predicted molar refractivity (Wildman–Crippen MR) is 91.3 cm³/mol. The second kappa shape index (κ2) is 5.01. The Morgan fingerprint density at radius 1 is 1.26 bits per heavy atom. The summed E-state index contributed by atoms with van der Waals surface area (Å²) in [4.78, 5) is 21.9. The molecule has 0 bridgehead atoms. The van der Waals surface area contributed by atoms with Crippen molar-refractivity contribution < 1.29 is 0 Å². The SMILES string of the molecule is CCC1(C)Cc2nc3cc(-c4ccccn4)ccc3c(=O)n2C1. The van der Waals surface area contributed by atoms with Gasteiger partial charge in [0.2, 0.25) is 0 Å². The number of benzene rings is 1. The van der Waals surface area contributed by atoms with Crippen molar-refractivity contribution in [2.75, 3.05) is 0 Å². The summed E-state index contributed by atoms with van der Waals surface area (Å²) in [5.74, 6) is 0.907. The van der Waals surface area contributed by atoms with Crippen LogP contribution in [0.3, 0.4) is 0 Å². The highest BCUT2D eigenvalue weighted by Gasteiger charge is 2.33. The zero-order chi connectivity index (χ0) is 16.0. The summed E-state index contributed by atoms with van der Waals surface area (Å²) < 4.78 is 1.85. The zero-order valence-electron chi connectivity index (χ0n) is 13.4. The van der Waals surface area contributed by atoms with Gasteiger partial charge in [-0.2, -0.15) is 0 Å². The molecule has 4 heteroatoms. The van der Waals surface area contributed by atoms with Crippen LogP contribution in [0.15, 0.2) is 47.4 Å². The van der Waals surface area contributed by atoms with Gasteiger partial charge in [-0.3, -0.25) is 14.3 Å². The molecule has 0 spiro atoms. The van der Waals surface area contributed by atoms with E-state index in [0.29, 0.717) is 5.39 Å². The number of fused-ring (bicyclic) bond motifs is 2. The van der Waals surface area contributed by atoms with E-state index in [1.54, 1.807) is 6.20 Å². The first-order valence-electron chi connectivity index (χ1n) is 8.04. The number of hydrogen-bond acceptors (Lipinski definition) is 3. The Morgan fingerprint density at radius 3 is 2.87 bits per heavy atom. The van der Waals surface area contributed by atoms with Crippen molar-refractivity contribution in [3.63, 3.8) is 0 Å². The molecular formula is C19H19N3O. The number of nitrogens with zero attached hydrogens (tertiary/aromatic N) is 3. The molecule has 1 aliphatic rings. The van der Waals surface area contributed by atoms with Crippen LogP contribution in [0, 0.1) is 5.41 Å². The maximum absolute atomic E-state index is 12.8. The average Bonchev–Trinajstić information content (AvgIpc) is 2.93. The van der Waals surface area contributed by atoms with Gasteiger partial charge in [0.1, 0.15) is 5.82 Å². The average molecular weight is 305 g/mol. The lowest BCUT2D eigenvalue weighted by atomic mass is 9.86. The lowest BCUT2D eigenvalue weighted by Gasteiger charge is -2.18. The van der Waals surface area contributed by atoms with Crippen LogP contribution in [-0.2, 0) is 13.0 Å². The zero-order valence-corrected chi connectivity index (χ0v) is 13.4. The van der Waals surface area contributed by atoms with E-state index in [1.165, 1.54) is 0 Å². The third-order valence-electron chi connectivity index (χ3n) is 4.97. The second-order valence-electron chi connectivity index (χ2n) is 6.71. The second-order valence-corrected chi connectivity index (χ2v) is 6.71. The summed E-state index contributed by atoms with van der Waals surface area (Å²) in [6.45, 7) is 5.17. The molecule has 3 aromatic rings. The summed E-state index contributed by atoms with van der Waals surface area (Å²) >= 11 is 0. The number of aromatic nitrogens is 3. The molecule has 0 saturated carbocycles. The molecule has 0 saturated heterocycles. The van der Waals surface area contributed by atoms with Gasteiger partial charge in [0, 0.05) is 24.7 Å². The molecular weight excluding hydrogens is 286 g/mol. The van der Waals surface area contributed by atoms with Gasteiger partial charge in [0.15, 0.2) is 0 Å². The molecule has 4 rings (SSSR count). The van der Waals surface area contributed by atoms with Crippen LogP contribution in [-0.4, -0.2) is 14.5 Å². The topological polar surface area (TPSA) is 47.8 Å². The molecule has 2 aromatic heterocycles. The standard InChI is InChI=1S/C19H19N3O/c1-3-19(2)11-17-21-16-10-13(15-6-4-5-9-20-15)7-8-14(16)18(23)22(17)12-19/h4-10H,3,11-12H2,1-2H3. The maximum Gasteiger partial charge on any atom is 0.261 e. The first-order valence-corrected chi connectivity index (χ1v) is 8.04. The third-order valence-corrected chi connectivity index (χ3v) is 4.97. The minimum absolute atomic E-state index is 0.0785. The van der Waals surface area contributed by atoms with E-state index in [9.17, 15) is 4.79 Å². The fourth-order valence-electron chi connectivity index (χ4n) is 3.31. The molecule has 0 aliphatic carbocycles. The molecule has 1 aliphatic heterocycles. The van der Waals surface area contributed by atoms with Gasteiger partial charge in [-0.15, -0.1) is 0 Å². The first-order chi connectivity index (χ1) is 11.1. The Balaban J connectivity index is 1.89. The lowest BCUT2D eigenvalue weighted by molar-refractivity contribution is 0.303. The van der Waals surface area contributed by atoms with Crippen LogP contribution >= 0.6 is 0 Å². The highest BCUT2D eigenvalue weighted by atomic mass is 16.1. The van der Waals surface area contributed by atoms with Crippen molar-refractivity contribution >= 4 is 10.9 Å². The number of hydrogen-bond donors (Lipinski definition) is 0. The van der Waals surface area contributed by atoms with Gasteiger partial charge in [-0.25, -0.2) is 4.98 Å². The van der Waals surface area contributed by atoms with Crippen LogP contribution in [0.25, 0.3) is 22.2 Å². The summed E-state index contributed by atoms with van der Waals surface area (Å²) in [5.41, 5.74) is 2.88. The maximum atomic E-state index is 12.8. The molecule has 0 radical (unpaired) electrons. The van der Waals surface area contributed by atoms with Crippen LogP contribution in [0.5, 0.6) is 0 Å². The van der Waals surface area contributed by atoms with E-state index in [4.69, 9.17) is 4.98 Å². The molecule has 3 heterocycles. The molecule has 1 atom stereocenters. The van der Waals surface area contributed by atoms with Crippen molar-refractivity contribution in [1.29, 1.82) is 0 Å². The largest absolute Gasteiger partial charge is 0.296 e. The Labute approximate surface area is 134 Å². The summed E-state index contributed by atoms with van der Waals surface area (Å²) in [5, 5.41) is 0.689. The third kappa shape index (κ3) is 2.25. The molecule has 116 valence electrons. The predicted octanol–water partition coefficient (Wildman–Crippen LogP) is 3.43. The van der Waals surface area contributed by atoms with Gasteiger partial charge >= 0.3 is 0 Å². The van der Waals surface area contributed by atoms with Crippen molar-refractivity contribution in [1.82, 2.24) is 14.5 Å². The normalized spacial score (nSPS) is 19.9. The fraction of sp³-hybridized carbons (Fsp3) is 0.316. The first kappa shape index (κ1) is 14.1. The van der Waals surface area contributed by atoms with E-state index < -0.39 is 0 Å². The van der Waals surface area contributed by atoms with E-state index >= 15 is 0 Å². The molecule has 0 N–H and O–H groups in total. The van der Waals surface area contributed by atoms with E-state index in [0.717, 1.165) is 42.0 Å². The van der Waals surface area contributed by atoms with Crippen LogP contribution in [0.2, 0.25) is 0 Å². The minimum Gasteiger partial charge on any atom is -0.296 e. The molecule has 4 nitrogen and oxygen atoms in total. The van der Waals surface area contributed by atoms with Gasteiger partial charge < -0.3 is 0 Å². The van der Waals surface area contributed by atoms with Gasteiger partial charge in [0.25, 0.3) is 5.56 Å². The van der Waals surface area contributed by atoms with E-state index in [2.05, 4.69) is 18.8 Å². The summed E-state index contributed by atoms with van der Waals surface area (Å²) in [7, 11) is 0. The number of pyridine rings is 1. The highest BCUT2D eigenvalue weighted by molar-refractivity contribution is 5.83. The van der Waals surface area contributed by atoms with Crippen LogP contribution < -0.4 is 5.56 Å². The van der Waals surface area contributed by atoms with Crippen molar-refractivity contribution in [2.24, 2.45) is 5.41 Å². The van der Waals surface area contributed by atoms with Crippen LogP contribution in [0.1, 0.15) is 26.1 Å². The molecule has 1 unspecified atom stereocenters. The van der Waals surface area contributed by atoms with Gasteiger partial charge in [0.05, 0.1) is 16.6 Å². The fourth-order valence-corrected chi connectivity index (χ4v) is 3.31. The van der Waals surface area contributed by atoms with Crippen molar-refractivity contribution in [2.45, 2.75) is 33.2 Å². The summed E-state index contributed by atoms with van der Waals surface area (Å²) in [6, 6.07) is 11.6. The Hall–Kier alpha value is -2.49. The minimum atomic E-state index is 0.0785. The monoisotopic (exact) mass is 305 g/mol. The van der Waals surface area contributed by atoms with Crippen molar-refractivity contribution in [3.8, 4) is 11.3 Å². The molecule has 0 amide bonds. The van der Waals surface area contributed by atoms with Gasteiger partial charge in [-0.05, 0) is 36.1 Å². The smallest absolute Gasteiger partial charge is 0.261 e. The quantitative estimate of drug-likeness (QED) is 0.729. The Bertz CT molecular complexity index is 946. The summed E-state index contributed by atoms with van der Waals surface area (Å²) in [6.07, 6.45) is 3.69. The van der Waals surface area contributed by atoms with E-state index in [1.807, 2.05) is 41.0 Å². The Kier molecular flexibility index (Phi) is 3.08.